The molecule has 0 aliphatic carbocycles. The minimum absolute atomic E-state index is 0.870. The highest BCUT2D eigenvalue weighted by Crippen LogP contribution is 2.15. The van der Waals surface area contributed by atoms with Crippen LogP contribution in [0.1, 0.15) is 26.7 Å². The maximum absolute atomic E-state index is 2.33. The summed E-state index contributed by atoms with van der Waals surface area (Å²) in [5, 5.41) is 0. The summed E-state index contributed by atoms with van der Waals surface area (Å²) in [4.78, 5) is 0. The maximum atomic E-state index is 2.33. The lowest BCUT2D eigenvalue weighted by Gasteiger charge is -2.09. The van der Waals surface area contributed by atoms with Crippen molar-refractivity contribution in [1.29, 1.82) is 0 Å². The van der Waals surface area contributed by atoms with Gasteiger partial charge >= 0.3 is 0 Å². The molecule has 8 heavy (non-hydrogen) atoms. The number of hydrogen-bond donors (Lipinski definition) is 0. The zero-order chi connectivity index (χ0) is 6.57. The fraction of sp³-hybridized carbons (Fsp3) is 1.00. The summed E-state index contributed by atoms with van der Waals surface area (Å²) in [6, 6.07) is 0. The second-order valence-corrected chi connectivity index (χ2v) is 3.01. The first-order chi connectivity index (χ1) is 3.68. The van der Waals surface area contributed by atoms with Crippen LogP contribution in [0.25, 0.3) is 0 Å². The molecular weight excluding hydrogens is 94.9 g/mol. The molecule has 0 aromatic carbocycles. The Hall–Kier alpha value is 0.0649. The summed E-state index contributed by atoms with van der Waals surface area (Å²) in [5.74, 6) is 0.917. The van der Waals surface area contributed by atoms with E-state index < -0.39 is 0 Å². The van der Waals surface area contributed by atoms with Gasteiger partial charge in [0.25, 0.3) is 0 Å². The second kappa shape index (κ2) is 4.00. The lowest BCUT2D eigenvalue weighted by molar-refractivity contribution is 0.756. The molecule has 48 valence electrons. The first-order valence-electron chi connectivity index (χ1n) is 3.68. The summed E-state index contributed by atoms with van der Waals surface area (Å²) in [6.07, 6.45) is 2.72. The highest BCUT2D eigenvalue weighted by atomic mass is 13.9. The van der Waals surface area contributed by atoms with E-state index in [-0.39, 0.29) is 0 Å². The molecular formula is C7H17B. The van der Waals surface area contributed by atoms with E-state index in [1.165, 1.54) is 12.8 Å². The van der Waals surface area contributed by atoms with E-state index in [4.69, 9.17) is 0 Å². The quantitative estimate of drug-likeness (QED) is 0.492. The first kappa shape index (κ1) is 8.06. The Balaban J connectivity index is 3.17. The summed E-state index contributed by atoms with van der Waals surface area (Å²) < 4.78 is 0. The van der Waals surface area contributed by atoms with Crippen LogP contribution in [-0.4, -0.2) is 6.71 Å². The molecule has 0 rings (SSSR count). The minimum Gasteiger partial charge on any atom is -0.0861 e. The third-order valence-corrected chi connectivity index (χ3v) is 1.88. The van der Waals surface area contributed by atoms with E-state index in [1.807, 2.05) is 0 Å². The van der Waals surface area contributed by atoms with Crippen LogP contribution in [-0.2, 0) is 0 Å². The van der Waals surface area contributed by atoms with Crippen LogP contribution in [0.3, 0.4) is 0 Å². The van der Waals surface area contributed by atoms with E-state index in [9.17, 15) is 0 Å². The van der Waals surface area contributed by atoms with E-state index in [2.05, 4.69) is 27.5 Å². The summed E-state index contributed by atoms with van der Waals surface area (Å²) >= 11 is 0. The molecule has 0 N–H and O–H groups in total. The molecule has 0 aromatic rings. The van der Waals surface area contributed by atoms with Gasteiger partial charge in [-0.3, -0.25) is 0 Å². The zero-order valence-corrected chi connectivity index (χ0v) is 6.57. The van der Waals surface area contributed by atoms with Crippen molar-refractivity contribution in [2.24, 2.45) is 0 Å². The molecule has 0 spiro atoms. The molecule has 0 amide bonds. The Bertz CT molecular complexity index is 50.3. The highest BCUT2D eigenvalue weighted by molar-refractivity contribution is 6.57. The van der Waals surface area contributed by atoms with Gasteiger partial charge < -0.3 is 0 Å². The predicted octanol–water partition coefficient (Wildman–Crippen LogP) is 2.93. The van der Waals surface area contributed by atoms with Gasteiger partial charge in [0.15, 0.2) is 0 Å². The smallest absolute Gasteiger partial charge is 0.0861 e. The van der Waals surface area contributed by atoms with Crippen LogP contribution in [0.2, 0.25) is 19.5 Å². The summed E-state index contributed by atoms with van der Waals surface area (Å²) in [7, 11) is 0. The highest BCUT2D eigenvalue weighted by Gasteiger charge is 2.07. The van der Waals surface area contributed by atoms with Crippen molar-refractivity contribution in [2.45, 2.75) is 46.2 Å². The topological polar surface area (TPSA) is 0 Å². The lowest BCUT2D eigenvalue weighted by Crippen LogP contribution is -2.07. The largest absolute Gasteiger partial charge is 0.136 e. The molecule has 0 fully saturated rings. The Labute approximate surface area is 53.8 Å². The van der Waals surface area contributed by atoms with Gasteiger partial charge in [0, 0.05) is 0 Å². The monoisotopic (exact) mass is 112 g/mol. The van der Waals surface area contributed by atoms with Crippen molar-refractivity contribution in [1.82, 2.24) is 0 Å². The first-order valence-corrected chi connectivity index (χ1v) is 3.68. The van der Waals surface area contributed by atoms with Crippen molar-refractivity contribution in [3.63, 3.8) is 0 Å². The Morgan fingerprint density at radius 3 is 2.00 bits per heavy atom. The maximum Gasteiger partial charge on any atom is 0.136 e. The average molecular weight is 112 g/mol. The Kier molecular flexibility index (Phi) is 4.03. The standard InChI is InChI=1S/C7H17B/c1-5-6-7(2)8(3)4/h7H,5-6H2,1-4H3. The van der Waals surface area contributed by atoms with Crippen LogP contribution in [0.5, 0.6) is 0 Å². The molecule has 1 heteroatoms. The van der Waals surface area contributed by atoms with Crippen LogP contribution in [0.4, 0.5) is 0 Å². The Morgan fingerprint density at radius 1 is 1.38 bits per heavy atom. The van der Waals surface area contributed by atoms with Gasteiger partial charge in [-0.15, -0.1) is 0 Å². The van der Waals surface area contributed by atoms with Gasteiger partial charge in [0.1, 0.15) is 6.71 Å². The van der Waals surface area contributed by atoms with Crippen LogP contribution in [0, 0.1) is 0 Å². The molecule has 0 bridgehead atoms. The van der Waals surface area contributed by atoms with Gasteiger partial charge in [-0.05, 0) is 0 Å². The predicted molar refractivity (Wildman–Crippen MR) is 41.8 cm³/mol. The molecule has 0 nitrogen and oxygen atoms in total. The SMILES string of the molecule is CCCC(C)B(C)C. The molecule has 0 aliphatic heterocycles. The molecule has 0 radical (unpaired) electrons. The molecule has 0 heterocycles. The Morgan fingerprint density at radius 2 is 1.88 bits per heavy atom. The van der Waals surface area contributed by atoms with E-state index in [1.54, 1.807) is 0 Å². The van der Waals surface area contributed by atoms with Crippen molar-refractivity contribution >= 4 is 6.71 Å². The van der Waals surface area contributed by atoms with Gasteiger partial charge in [-0.25, -0.2) is 0 Å². The number of rotatable bonds is 3. The summed E-state index contributed by atoms with van der Waals surface area (Å²) in [6.45, 7) is 10.0. The van der Waals surface area contributed by atoms with Crippen LogP contribution in [0.15, 0.2) is 0 Å². The van der Waals surface area contributed by atoms with E-state index >= 15 is 0 Å². The average Bonchev–Trinajstić information content (AvgIpc) is 1.67. The van der Waals surface area contributed by atoms with Crippen molar-refractivity contribution in [2.75, 3.05) is 0 Å². The summed E-state index contributed by atoms with van der Waals surface area (Å²) in [5.41, 5.74) is 0. The minimum atomic E-state index is 0.870. The molecule has 0 saturated heterocycles. The van der Waals surface area contributed by atoms with E-state index in [0.717, 1.165) is 12.5 Å². The molecule has 0 saturated carbocycles. The third kappa shape index (κ3) is 3.12. The van der Waals surface area contributed by atoms with Crippen LogP contribution >= 0.6 is 0 Å². The van der Waals surface area contributed by atoms with Gasteiger partial charge in [-0.2, -0.15) is 0 Å². The van der Waals surface area contributed by atoms with Crippen molar-refractivity contribution in [3.8, 4) is 0 Å². The fourth-order valence-electron chi connectivity index (χ4n) is 0.789. The van der Waals surface area contributed by atoms with Gasteiger partial charge in [-0.1, -0.05) is 46.2 Å². The normalized spacial score (nSPS) is 13.5. The lowest BCUT2D eigenvalue weighted by atomic mass is 9.45. The number of hydrogen-bond acceptors (Lipinski definition) is 0. The molecule has 0 aliphatic rings. The van der Waals surface area contributed by atoms with Gasteiger partial charge in [0.2, 0.25) is 0 Å². The van der Waals surface area contributed by atoms with Crippen molar-refractivity contribution in [3.05, 3.63) is 0 Å². The van der Waals surface area contributed by atoms with Gasteiger partial charge in [0.05, 0.1) is 0 Å². The molecule has 0 aromatic heterocycles. The van der Waals surface area contributed by atoms with Crippen LogP contribution < -0.4 is 0 Å². The molecule has 1 atom stereocenters. The van der Waals surface area contributed by atoms with E-state index in [0.29, 0.717) is 0 Å². The zero-order valence-electron chi connectivity index (χ0n) is 6.57. The third-order valence-electron chi connectivity index (χ3n) is 1.88. The second-order valence-electron chi connectivity index (χ2n) is 3.01. The molecule has 1 unspecified atom stereocenters. The fourth-order valence-corrected chi connectivity index (χ4v) is 0.789. The van der Waals surface area contributed by atoms with Crippen molar-refractivity contribution < 1.29 is 0 Å².